The van der Waals surface area contributed by atoms with Gasteiger partial charge in [-0.25, -0.2) is 9.97 Å². The zero-order valence-electron chi connectivity index (χ0n) is 16.0. The van der Waals surface area contributed by atoms with Crippen molar-refractivity contribution in [1.29, 1.82) is 0 Å². The minimum atomic E-state index is 0.0497. The second-order valence-corrected chi connectivity index (χ2v) is 8.20. The van der Waals surface area contributed by atoms with Crippen LogP contribution in [0.2, 0.25) is 0 Å². The van der Waals surface area contributed by atoms with Crippen LogP contribution in [0.4, 0.5) is 5.82 Å². The molecule has 0 radical (unpaired) electrons. The Morgan fingerprint density at radius 2 is 1.67 bits per heavy atom. The molecule has 7 nitrogen and oxygen atoms in total. The first-order valence-corrected chi connectivity index (χ1v) is 10.5. The average molecular weight is 387 g/mol. The lowest BCUT2D eigenvalue weighted by molar-refractivity contribution is 0.0640. The molecular formula is C19H26N6OS. The van der Waals surface area contributed by atoms with Crippen molar-refractivity contribution in [2.75, 3.05) is 31.1 Å². The molecular weight excluding hydrogens is 360 g/mol. The minimum Gasteiger partial charge on any atom is -0.356 e. The molecule has 2 aliphatic rings. The maximum absolute atomic E-state index is 12.6. The van der Waals surface area contributed by atoms with Gasteiger partial charge in [0, 0.05) is 37.9 Å². The molecule has 2 fully saturated rings. The van der Waals surface area contributed by atoms with Crippen molar-refractivity contribution >= 4 is 23.5 Å². The number of carbonyl (C=O) groups excluding carboxylic acids is 1. The molecule has 2 aromatic heterocycles. The van der Waals surface area contributed by atoms with Crippen molar-refractivity contribution < 1.29 is 4.79 Å². The first-order valence-electron chi connectivity index (χ1n) is 9.74. The van der Waals surface area contributed by atoms with Gasteiger partial charge in [-0.1, -0.05) is 0 Å². The number of anilines is 1. The average Bonchev–Trinajstić information content (AvgIpc) is 3.14. The summed E-state index contributed by atoms with van der Waals surface area (Å²) in [6, 6.07) is 2.07. The van der Waals surface area contributed by atoms with Gasteiger partial charge in [0.15, 0.2) is 5.69 Å². The summed E-state index contributed by atoms with van der Waals surface area (Å²) in [7, 11) is 0. The number of piperidine rings is 2. The highest BCUT2D eigenvalue weighted by Gasteiger charge is 2.32. The van der Waals surface area contributed by atoms with Gasteiger partial charge in [0.1, 0.15) is 12.1 Å². The van der Waals surface area contributed by atoms with E-state index >= 15 is 0 Å². The molecule has 2 aliphatic heterocycles. The molecule has 0 atom stereocenters. The first-order chi connectivity index (χ1) is 13.1. The molecule has 0 spiro atoms. The van der Waals surface area contributed by atoms with Gasteiger partial charge in [-0.2, -0.15) is 8.75 Å². The molecule has 0 aliphatic carbocycles. The summed E-state index contributed by atoms with van der Waals surface area (Å²) in [5, 5.41) is 0. The van der Waals surface area contributed by atoms with Crippen molar-refractivity contribution in [2.45, 2.75) is 39.5 Å². The normalized spacial score (nSPS) is 19.5. The van der Waals surface area contributed by atoms with Crippen molar-refractivity contribution in [1.82, 2.24) is 23.6 Å². The Hall–Kier alpha value is -2.09. The van der Waals surface area contributed by atoms with Crippen LogP contribution in [-0.2, 0) is 0 Å². The molecule has 2 aromatic rings. The van der Waals surface area contributed by atoms with E-state index in [2.05, 4.69) is 29.7 Å². The molecule has 4 heterocycles. The molecule has 0 saturated carbocycles. The number of aryl methyl sites for hydroxylation is 2. The molecule has 1 amide bonds. The number of likely N-dealkylation sites (tertiary alicyclic amines) is 1. The Bertz CT molecular complexity index is 793. The Kier molecular flexibility index (Phi) is 5.33. The van der Waals surface area contributed by atoms with Gasteiger partial charge < -0.3 is 9.80 Å². The fourth-order valence-corrected chi connectivity index (χ4v) is 4.90. The van der Waals surface area contributed by atoms with Gasteiger partial charge in [-0.15, -0.1) is 0 Å². The van der Waals surface area contributed by atoms with Crippen LogP contribution in [0.15, 0.2) is 12.4 Å². The lowest BCUT2D eigenvalue weighted by Crippen LogP contribution is -2.43. The summed E-state index contributed by atoms with van der Waals surface area (Å²) in [5.74, 6) is 2.57. The van der Waals surface area contributed by atoms with Gasteiger partial charge in [0.25, 0.3) is 5.91 Å². The smallest absolute Gasteiger partial charge is 0.275 e. The van der Waals surface area contributed by atoms with Gasteiger partial charge in [0.2, 0.25) is 0 Å². The second-order valence-electron chi connectivity index (χ2n) is 7.67. The standard InChI is InChI=1S/C19H26N6OS/c1-13-11-17(21-12-20-13)24-7-3-15(4-8-24)16-5-9-25(10-6-16)19(26)18-14(2)22-27-23-18/h11-12,15-16H,3-10H2,1-2H3. The predicted octanol–water partition coefficient (Wildman–Crippen LogP) is 2.71. The van der Waals surface area contributed by atoms with Crippen LogP contribution in [0, 0.1) is 25.7 Å². The van der Waals surface area contributed by atoms with Crippen molar-refractivity contribution in [3.05, 3.63) is 29.5 Å². The van der Waals surface area contributed by atoms with Crippen LogP contribution in [0.3, 0.4) is 0 Å². The van der Waals surface area contributed by atoms with Crippen LogP contribution in [0.5, 0.6) is 0 Å². The van der Waals surface area contributed by atoms with E-state index in [4.69, 9.17) is 0 Å². The van der Waals surface area contributed by atoms with E-state index in [1.54, 1.807) is 6.33 Å². The third-order valence-electron chi connectivity index (χ3n) is 6.00. The predicted molar refractivity (Wildman–Crippen MR) is 105 cm³/mol. The monoisotopic (exact) mass is 386 g/mol. The highest BCUT2D eigenvalue weighted by molar-refractivity contribution is 6.99. The Balaban J connectivity index is 1.28. The number of hydrogen-bond donors (Lipinski definition) is 0. The Labute approximate surface area is 164 Å². The Morgan fingerprint density at radius 1 is 1.00 bits per heavy atom. The summed E-state index contributed by atoms with van der Waals surface area (Å²) in [5.41, 5.74) is 2.30. The maximum atomic E-state index is 12.6. The quantitative estimate of drug-likeness (QED) is 0.807. The summed E-state index contributed by atoms with van der Waals surface area (Å²) < 4.78 is 8.29. The fraction of sp³-hybridized carbons (Fsp3) is 0.632. The van der Waals surface area contributed by atoms with Gasteiger partial charge in [0.05, 0.1) is 17.4 Å². The molecule has 4 rings (SSSR count). The Morgan fingerprint density at radius 3 is 2.26 bits per heavy atom. The fourth-order valence-electron chi connectivity index (χ4n) is 4.36. The van der Waals surface area contributed by atoms with Crippen molar-refractivity contribution in [3.63, 3.8) is 0 Å². The molecule has 27 heavy (non-hydrogen) atoms. The molecule has 2 saturated heterocycles. The third kappa shape index (κ3) is 3.95. The van der Waals surface area contributed by atoms with Crippen LogP contribution >= 0.6 is 11.7 Å². The summed E-state index contributed by atoms with van der Waals surface area (Å²) in [6.07, 6.45) is 6.26. The first kappa shape index (κ1) is 18.3. The SMILES string of the molecule is Cc1cc(N2CCC(C3CCN(C(=O)c4nsnc4C)CC3)CC2)ncn1. The van der Waals surface area contributed by atoms with Gasteiger partial charge >= 0.3 is 0 Å². The highest BCUT2D eigenvalue weighted by Crippen LogP contribution is 2.33. The zero-order valence-corrected chi connectivity index (χ0v) is 16.8. The number of amides is 1. The van der Waals surface area contributed by atoms with E-state index in [1.807, 2.05) is 18.7 Å². The summed E-state index contributed by atoms with van der Waals surface area (Å²) in [6.45, 7) is 7.66. The van der Waals surface area contributed by atoms with E-state index in [0.29, 0.717) is 5.69 Å². The van der Waals surface area contributed by atoms with E-state index in [1.165, 1.54) is 12.8 Å². The number of hydrogen-bond acceptors (Lipinski definition) is 7. The van der Waals surface area contributed by atoms with Crippen LogP contribution in [-0.4, -0.2) is 55.7 Å². The molecule has 0 bridgehead atoms. The van der Waals surface area contributed by atoms with E-state index < -0.39 is 0 Å². The minimum absolute atomic E-state index is 0.0497. The van der Waals surface area contributed by atoms with Gasteiger partial charge in [-0.3, -0.25) is 4.79 Å². The number of rotatable bonds is 3. The summed E-state index contributed by atoms with van der Waals surface area (Å²) >= 11 is 1.12. The lowest BCUT2D eigenvalue weighted by Gasteiger charge is -2.40. The molecule has 0 unspecified atom stereocenters. The molecule has 0 N–H and O–H groups in total. The van der Waals surface area contributed by atoms with Crippen LogP contribution in [0.1, 0.15) is 47.6 Å². The molecule has 144 valence electrons. The third-order valence-corrected chi connectivity index (χ3v) is 6.62. The number of carbonyl (C=O) groups is 1. The van der Waals surface area contributed by atoms with Crippen molar-refractivity contribution in [3.8, 4) is 0 Å². The zero-order chi connectivity index (χ0) is 18.8. The topological polar surface area (TPSA) is 75.1 Å². The van der Waals surface area contributed by atoms with E-state index in [9.17, 15) is 4.79 Å². The van der Waals surface area contributed by atoms with E-state index in [0.717, 1.165) is 79.8 Å². The van der Waals surface area contributed by atoms with Crippen molar-refractivity contribution in [2.24, 2.45) is 11.8 Å². The molecule has 8 heteroatoms. The largest absolute Gasteiger partial charge is 0.356 e. The number of aromatic nitrogens is 4. The highest BCUT2D eigenvalue weighted by atomic mass is 32.1. The van der Waals surface area contributed by atoms with E-state index in [-0.39, 0.29) is 5.91 Å². The van der Waals surface area contributed by atoms with Gasteiger partial charge in [-0.05, 0) is 51.4 Å². The number of nitrogens with zero attached hydrogens (tertiary/aromatic N) is 6. The lowest BCUT2D eigenvalue weighted by atomic mass is 9.78. The maximum Gasteiger partial charge on any atom is 0.275 e. The second kappa shape index (κ2) is 7.88. The van der Waals surface area contributed by atoms with Crippen LogP contribution < -0.4 is 4.90 Å². The van der Waals surface area contributed by atoms with Crippen LogP contribution in [0.25, 0.3) is 0 Å². The summed E-state index contributed by atoms with van der Waals surface area (Å²) in [4.78, 5) is 25.6. The molecule has 0 aromatic carbocycles.